The Morgan fingerprint density at radius 1 is 0.971 bits per heavy atom. The molecule has 2 aromatic carbocycles. The second kappa shape index (κ2) is 9.74. The zero-order valence-electron chi connectivity index (χ0n) is 18.3. The number of nitrogens with zero attached hydrogens (tertiary/aromatic N) is 2. The van der Waals surface area contributed by atoms with Crippen molar-refractivity contribution in [2.75, 3.05) is 10.7 Å². The van der Waals surface area contributed by atoms with E-state index < -0.39 is 0 Å². The fourth-order valence-corrected chi connectivity index (χ4v) is 5.66. The SMILES string of the molecule is O=C(Nc1sc2c(c1Cc1n[nH]c(=S)n1NC(=O)c1ccccc1)CCCC2)c1ccccc1. The molecule has 9 heteroatoms. The average molecular weight is 490 g/mol. The van der Waals surface area contributed by atoms with Gasteiger partial charge in [-0.15, -0.1) is 11.3 Å². The van der Waals surface area contributed by atoms with Crippen LogP contribution in [0.15, 0.2) is 60.7 Å². The number of nitrogens with one attached hydrogen (secondary N) is 3. The number of hydrogen-bond acceptors (Lipinski definition) is 5. The van der Waals surface area contributed by atoms with E-state index >= 15 is 0 Å². The van der Waals surface area contributed by atoms with Gasteiger partial charge >= 0.3 is 0 Å². The summed E-state index contributed by atoms with van der Waals surface area (Å²) in [6, 6.07) is 18.1. The van der Waals surface area contributed by atoms with E-state index in [-0.39, 0.29) is 11.8 Å². The molecule has 0 radical (unpaired) electrons. The number of carbonyl (C=O) groups is 2. The van der Waals surface area contributed by atoms with Gasteiger partial charge in [-0.05, 0) is 73.3 Å². The van der Waals surface area contributed by atoms with Crippen LogP contribution < -0.4 is 10.7 Å². The van der Waals surface area contributed by atoms with Crippen LogP contribution in [0.4, 0.5) is 5.00 Å². The van der Waals surface area contributed by atoms with Gasteiger partial charge in [-0.2, -0.15) is 5.10 Å². The standard InChI is InChI=1S/C25H23N5O2S2/c31-22(16-9-3-1-4-10-16)26-24-19(18-13-7-8-14-20(18)34-24)15-21-27-28-25(33)30(21)29-23(32)17-11-5-2-6-12-17/h1-6,9-12H,7-8,13-15H2,(H,26,31)(H,28,33)(H,29,32). The van der Waals surface area contributed by atoms with Crippen LogP contribution in [0, 0.1) is 4.77 Å². The molecule has 1 aliphatic rings. The van der Waals surface area contributed by atoms with Gasteiger partial charge in [-0.25, -0.2) is 4.68 Å². The van der Waals surface area contributed by atoms with Gasteiger partial charge in [0.15, 0.2) is 5.82 Å². The molecule has 0 saturated carbocycles. The topological polar surface area (TPSA) is 91.8 Å². The first-order valence-corrected chi connectivity index (χ1v) is 12.3. The van der Waals surface area contributed by atoms with Crippen LogP contribution in [0.25, 0.3) is 0 Å². The second-order valence-electron chi connectivity index (χ2n) is 8.10. The van der Waals surface area contributed by atoms with E-state index in [1.165, 1.54) is 15.1 Å². The highest BCUT2D eigenvalue weighted by Crippen LogP contribution is 2.39. The Hall–Kier alpha value is -3.56. The normalized spacial score (nSPS) is 12.7. The number of anilines is 1. The number of hydrogen-bond donors (Lipinski definition) is 3. The number of thiophene rings is 1. The maximum Gasteiger partial charge on any atom is 0.270 e. The third-order valence-electron chi connectivity index (χ3n) is 5.87. The number of aromatic amines is 1. The molecule has 2 aromatic heterocycles. The van der Waals surface area contributed by atoms with E-state index in [9.17, 15) is 9.59 Å². The van der Waals surface area contributed by atoms with Gasteiger partial charge in [0, 0.05) is 22.4 Å². The smallest absolute Gasteiger partial charge is 0.270 e. The zero-order valence-corrected chi connectivity index (χ0v) is 20.0. The maximum absolute atomic E-state index is 12.9. The van der Waals surface area contributed by atoms with Crippen LogP contribution in [0.2, 0.25) is 0 Å². The van der Waals surface area contributed by atoms with Crippen molar-refractivity contribution in [3.8, 4) is 0 Å². The van der Waals surface area contributed by atoms with Crippen molar-refractivity contribution in [1.29, 1.82) is 0 Å². The van der Waals surface area contributed by atoms with E-state index in [0.717, 1.165) is 36.2 Å². The number of H-pyrrole nitrogens is 1. The molecule has 34 heavy (non-hydrogen) atoms. The van der Waals surface area contributed by atoms with Crippen LogP contribution in [-0.2, 0) is 19.3 Å². The van der Waals surface area contributed by atoms with Crippen LogP contribution in [0.1, 0.15) is 55.4 Å². The number of fused-ring (bicyclic) bond motifs is 1. The number of carbonyl (C=O) groups excluding carboxylic acids is 2. The average Bonchev–Trinajstić information content (AvgIpc) is 3.40. The lowest BCUT2D eigenvalue weighted by molar-refractivity contribution is 0.100. The van der Waals surface area contributed by atoms with Crippen molar-refractivity contribution in [2.24, 2.45) is 0 Å². The highest BCUT2D eigenvalue weighted by atomic mass is 32.1. The summed E-state index contributed by atoms with van der Waals surface area (Å²) in [5, 5.41) is 11.1. The fraction of sp³-hybridized carbons (Fsp3) is 0.200. The predicted octanol–water partition coefficient (Wildman–Crippen LogP) is 5.11. The molecular formula is C25H23N5O2S2. The van der Waals surface area contributed by atoms with Crippen molar-refractivity contribution in [3.05, 3.63) is 98.4 Å². The first-order valence-electron chi connectivity index (χ1n) is 11.1. The molecule has 7 nitrogen and oxygen atoms in total. The Morgan fingerprint density at radius 2 is 1.62 bits per heavy atom. The number of aryl methyl sites for hydroxylation is 1. The quantitative estimate of drug-likeness (QED) is 0.328. The Balaban J connectivity index is 1.46. The molecule has 172 valence electrons. The first kappa shape index (κ1) is 22.2. The van der Waals surface area contributed by atoms with E-state index in [1.54, 1.807) is 35.6 Å². The number of rotatable bonds is 6. The summed E-state index contributed by atoms with van der Waals surface area (Å²) in [4.78, 5) is 27.0. The Morgan fingerprint density at radius 3 is 2.32 bits per heavy atom. The second-order valence-corrected chi connectivity index (χ2v) is 9.59. The molecule has 0 unspecified atom stereocenters. The summed E-state index contributed by atoms with van der Waals surface area (Å²) in [5.74, 6) is 0.164. The van der Waals surface area contributed by atoms with Crippen LogP contribution in [-0.4, -0.2) is 26.7 Å². The Kier molecular flexibility index (Phi) is 6.37. The molecule has 4 aromatic rings. The molecular weight excluding hydrogens is 466 g/mol. The lowest BCUT2D eigenvalue weighted by Gasteiger charge is -2.14. The molecule has 3 N–H and O–H groups in total. The van der Waals surface area contributed by atoms with Crippen molar-refractivity contribution in [3.63, 3.8) is 0 Å². The fourth-order valence-electron chi connectivity index (χ4n) is 4.16. The Labute approximate surface area is 205 Å². The summed E-state index contributed by atoms with van der Waals surface area (Å²) in [6.45, 7) is 0. The van der Waals surface area contributed by atoms with Gasteiger partial charge in [-0.1, -0.05) is 36.4 Å². The van der Waals surface area contributed by atoms with E-state index in [4.69, 9.17) is 12.2 Å². The minimum Gasteiger partial charge on any atom is -0.313 e. The molecule has 0 bridgehead atoms. The molecule has 0 fully saturated rings. The van der Waals surface area contributed by atoms with Gasteiger partial charge in [0.25, 0.3) is 11.8 Å². The van der Waals surface area contributed by atoms with Gasteiger partial charge in [0.05, 0.1) is 5.00 Å². The minimum atomic E-state index is -0.274. The summed E-state index contributed by atoms with van der Waals surface area (Å²) < 4.78 is 1.82. The van der Waals surface area contributed by atoms with Gasteiger partial charge in [-0.3, -0.25) is 20.1 Å². The van der Waals surface area contributed by atoms with Crippen molar-refractivity contribution in [1.82, 2.24) is 14.9 Å². The number of amides is 2. The predicted molar refractivity (Wildman–Crippen MR) is 136 cm³/mol. The molecule has 0 aliphatic heterocycles. The molecule has 5 rings (SSSR count). The van der Waals surface area contributed by atoms with Gasteiger partial charge in [0.1, 0.15) is 0 Å². The number of aromatic nitrogens is 3. The van der Waals surface area contributed by atoms with E-state index in [0.29, 0.717) is 28.1 Å². The molecule has 2 amide bonds. The summed E-state index contributed by atoms with van der Waals surface area (Å²) in [5.41, 5.74) is 6.29. The monoisotopic (exact) mass is 489 g/mol. The first-order chi connectivity index (χ1) is 16.6. The summed E-state index contributed by atoms with van der Waals surface area (Å²) in [6.07, 6.45) is 4.65. The number of benzene rings is 2. The molecule has 0 atom stereocenters. The van der Waals surface area contributed by atoms with E-state index in [1.807, 2.05) is 36.4 Å². The van der Waals surface area contributed by atoms with Crippen molar-refractivity contribution in [2.45, 2.75) is 32.1 Å². The van der Waals surface area contributed by atoms with Gasteiger partial charge < -0.3 is 5.32 Å². The Bertz CT molecular complexity index is 1390. The summed E-state index contributed by atoms with van der Waals surface area (Å²) in [7, 11) is 0. The third-order valence-corrected chi connectivity index (χ3v) is 7.39. The van der Waals surface area contributed by atoms with Gasteiger partial charge in [0.2, 0.25) is 4.77 Å². The minimum absolute atomic E-state index is 0.142. The lowest BCUT2D eigenvalue weighted by Crippen LogP contribution is -2.25. The molecule has 2 heterocycles. The van der Waals surface area contributed by atoms with Crippen LogP contribution >= 0.6 is 23.6 Å². The third kappa shape index (κ3) is 4.57. The molecule has 0 spiro atoms. The summed E-state index contributed by atoms with van der Waals surface area (Å²) >= 11 is 7.02. The van der Waals surface area contributed by atoms with Crippen molar-refractivity contribution < 1.29 is 9.59 Å². The molecule has 0 saturated heterocycles. The van der Waals surface area contributed by atoms with Crippen molar-refractivity contribution >= 4 is 40.4 Å². The molecule has 1 aliphatic carbocycles. The lowest BCUT2D eigenvalue weighted by atomic mass is 9.94. The highest BCUT2D eigenvalue weighted by Gasteiger charge is 2.24. The largest absolute Gasteiger partial charge is 0.313 e. The maximum atomic E-state index is 12.9. The van der Waals surface area contributed by atoms with E-state index in [2.05, 4.69) is 20.9 Å². The van der Waals surface area contributed by atoms with Crippen LogP contribution in [0.3, 0.4) is 0 Å². The highest BCUT2D eigenvalue weighted by molar-refractivity contribution is 7.71. The zero-order chi connectivity index (χ0) is 23.5. The van der Waals surface area contributed by atoms with Crippen LogP contribution in [0.5, 0.6) is 0 Å².